The number of carbonyl (C=O) groups excluding carboxylic acids is 3. The molecule has 0 spiro atoms. The Morgan fingerprint density at radius 2 is 2.18 bits per heavy atom. The second-order valence-electron chi connectivity index (χ2n) is 6.31. The number of carbonyl (C=O) groups is 3. The van der Waals surface area contributed by atoms with E-state index < -0.39 is 34.9 Å². The quantitative estimate of drug-likeness (QED) is 0.110. The first-order chi connectivity index (χ1) is 15.3. The summed E-state index contributed by atoms with van der Waals surface area (Å²) in [6.45, 7) is 0. The monoisotopic (exact) mass is 535 g/mol. The minimum atomic E-state index is -1.52. The molecule has 12 nitrogen and oxygen atoms in total. The van der Waals surface area contributed by atoms with Crippen LogP contribution in [0, 0.1) is 0 Å². The van der Waals surface area contributed by atoms with Gasteiger partial charge >= 0.3 is 29.6 Å². The molecule has 2 aromatic rings. The van der Waals surface area contributed by atoms with Crippen LogP contribution in [0.2, 0.25) is 4.34 Å². The molecule has 0 radical (unpaired) electrons. The second-order valence-corrected chi connectivity index (χ2v) is 9.61. The Balaban J connectivity index is 0.00000306. The van der Waals surface area contributed by atoms with Gasteiger partial charge in [0.2, 0.25) is 0 Å². The molecule has 2 atom stereocenters. The summed E-state index contributed by atoms with van der Waals surface area (Å²) in [6, 6.07) is -1.05. The molecule has 1 saturated heterocycles. The molecular weight excluding hydrogens is 525 g/mol. The zero-order valence-electron chi connectivity index (χ0n) is 16.6. The smallest absolute Gasteiger partial charge is 0.543 e. The van der Waals surface area contributed by atoms with Crippen molar-refractivity contribution in [1.82, 2.24) is 23.9 Å². The molecule has 2 amide bonds. The molecule has 4 rings (SSSR count). The van der Waals surface area contributed by atoms with Crippen LogP contribution in [0.3, 0.4) is 0 Å². The number of halogens is 1. The number of thioether (sulfide) groups is 1. The maximum absolute atomic E-state index is 12.7. The maximum atomic E-state index is 12.7. The van der Waals surface area contributed by atoms with E-state index in [2.05, 4.69) is 24.2 Å². The van der Waals surface area contributed by atoms with E-state index >= 15 is 0 Å². The summed E-state index contributed by atoms with van der Waals surface area (Å²) in [5.41, 5.74) is 5.52. The third-order valence-corrected chi connectivity index (χ3v) is 7.33. The first-order valence-electron chi connectivity index (χ1n) is 8.61. The second kappa shape index (κ2) is 10.5. The van der Waals surface area contributed by atoms with Gasteiger partial charge in [-0.1, -0.05) is 34.2 Å². The molecule has 33 heavy (non-hydrogen) atoms. The van der Waals surface area contributed by atoms with Crippen molar-refractivity contribution < 1.29 is 54.3 Å². The zero-order valence-corrected chi connectivity index (χ0v) is 21.8. The average Bonchev–Trinajstić information content (AvgIpc) is 3.39. The molecule has 0 bridgehead atoms. The van der Waals surface area contributed by atoms with Crippen molar-refractivity contribution in [1.29, 1.82) is 0 Å². The molecule has 17 heteroatoms. The number of oxime groups is 1. The fraction of sp³-hybridized carbons (Fsp3) is 0.188. The number of anilines is 1. The number of nitrogen functional groups attached to an aromatic ring is 1. The van der Waals surface area contributed by atoms with Gasteiger partial charge in [-0.05, 0) is 11.6 Å². The van der Waals surface area contributed by atoms with Gasteiger partial charge in [-0.2, -0.15) is 8.75 Å². The topological polar surface area (TPSA) is 187 Å². The van der Waals surface area contributed by atoms with Crippen molar-refractivity contribution in [2.24, 2.45) is 5.16 Å². The minimum absolute atomic E-state index is 0. The number of nitrogens with zero attached hydrogens (tertiary/aromatic N) is 5. The van der Waals surface area contributed by atoms with Gasteiger partial charge in [0.1, 0.15) is 21.4 Å². The SMILES string of the molecule is Nc1nc(/C(=N/O)C(=O)N[C@@H]2C(=O)N3C(C(=O)[O-])=C(/C=C\c4cnsn4)CS[C@H]23)c(Cl)s1.[Na+]. The van der Waals surface area contributed by atoms with Crippen LogP contribution in [0.1, 0.15) is 11.4 Å². The van der Waals surface area contributed by atoms with Gasteiger partial charge in [-0.3, -0.25) is 14.5 Å². The molecule has 4 N–H and O–H groups in total. The number of allylic oxidation sites excluding steroid dienone is 1. The summed E-state index contributed by atoms with van der Waals surface area (Å²) in [5.74, 6) is -2.85. The number of carboxylic acid groups (broad SMARTS) is 1. The van der Waals surface area contributed by atoms with Gasteiger partial charge in [-0.15, -0.1) is 11.8 Å². The van der Waals surface area contributed by atoms with E-state index in [9.17, 15) is 24.7 Å². The number of fused-ring (bicyclic) bond motifs is 1. The van der Waals surface area contributed by atoms with Gasteiger partial charge in [0, 0.05) is 5.75 Å². The Morgan fingerprint density at radius 3 is 2.76 bits per heavy atom. The minimum Gasteiger partial charge on any atom is -0.543 e. The summed E-state index contributed by atoms with van der Waals surface area (Å²) in [7, 11) is 0. The van der Waals surface area contributed by atoms with Crippen LogP contribution in [-0.4, -0.2) is 64.5 Å². The number of nitrogens with two attached hydrogens (primary N) is 1. The Hall–Kier alpha value is -2.01. The van der Waals surface area contributed by atoms with Crippen molar-refractivity contribution in [3.05, 3.63) is 39.3 Å². The number of β-lactam (4-membered cyclic amide) rings is 1. The Morgan fingerprint density at radius 1 is 1.42 bits per heavy atom. The predicted octanol–water partition coefficient (Wildman–Crippen LogP) is -3.47. The van der Waals surface area contributed by atoms with E-state index in [0.29, 0.717) is 11.3 Å². The number of aliphatic carboxylic acids is 1. The average molecular weight is 536 g/mol. The van der Waals surface area contributed by atoms with E-state index in [1.807, 2.05) is 0 Å². The number of amides is 2. The van der Waals surface area contributed by atoms with Crippen molar-refractivity contribution in [3.8, 4) is 0 Å². The Bertz CT molecular complexity index is 1200. The number of hydrogen-bond donors (Lipinski definition) is 3. The molecule has 166 valence electrons. The molecule has 0 aromatic carbocycles. The number of carboxylic acids is 1. The van der Waals surface area contributed by atoms with Crippen LogP contribution in [0.4, 0.5) is 5.13 Å². The summed E-state index contributed by atoms with van der Waals surface area (Å²) >= 11 is 9.09. The number of nitrogens with one attached hydrogen (secondary N) is 1. The maximum Gasteiger partial charge on any atom is 1.00 e. The summed E-state index contributed by atoms with van der Waals surface area (Å²) in [6.07, 6.45) is 4.64. The van der Waals surface area contributed by atoms with Crippen LogP contribution in [-0.2, 0) is 14.4 Å². The third-order valence-electron chi connectivity index (χ3n) is 4.45. The molecule has 1 fully saturated rings. The third kappa shape index (κ3) is 4.94. The molecule has 0 aliphatic carbocycles. The molecular formula is C16H11ClN7NaO5S3. The molecule has 2 aliphatic rings. The van der Waals surface area contributed by atoms with Crippen LogP contribution >= 0.6 is 46.4 Å². The number of rotatable bonds is 6. The van der Waals surface area contributed by atoms with Crippen molar-refractivity contribution in [3.63, 3.8) is 0 Å². The van der Waals surface area contributed by atoms with Gasteiger partial charge in [0.05, 0.1) is 35.3 Å². The van der Waals surface area contributed by atoms with E-state index in [-0.39, 0.29) is 56.2 Å². The Kier molecular flexibility index (Phi) is 8.15. The van der Waals surface area contributed by atoms with Crippen LogP contribution < -0.4 is 45.7 Å². The van der Waals surface area contributed by atoms with Gasteiger partial charge in [-0.25, -0.2) is 4.98 Å². The van der Waals surface area contributed by atoms with Gasteiger partial charge < -0.3 is 26.2 Å². The fourth-order valence-electron chi connectivity index (χ4n) is 3.06. The van der Waals surface area contributed by atoms with E-state index in [4.69, 9.17) is 17.3 Å². The largest absolute Gasteiger partial charge is 1.00 e. The standard InChI is InChI=1S/C16H12ClN7O5S3.Na/c17-11-7(21-16(18)31-11)8(22-29)12(25)20-9-13(26)24-10(15(27)28)5(4-30-14(9)24)1-2-6-3-19-32-23-6;/h1-3,9,14,29H,4H2,(H2,18,21)(H,20,25)(H,27,28);/q;+1/p-1/b2-1-,22-8-;/t9-,14-;/m1./s1. The fourth-order valence-corrected chi connectivity index (χ4v) is 5.72. The van der Waals surface area contributed by atoms with Crippen LogP contribution in [0.15, 0.2) is 28.7 Å². The molecule has 2 aromatic heterocycles. The van der Waals surface area contributed by atoms with Crippen molar-refractivity contribution in [2.45, 2.75) is 11.4 Å². The molecule has 2 aliphatic heterocycles. The zero-order chi connectivity index (χ0) is 23.0. The van der Waals surface area contributed by atoms with Crippen LogP contribution in [0.25, 0.3) is 6.08 Å². The van der Waals surface area contributed by atoms with Crippen molar-refractivity contribution in [2.75, 3.05) is 11.5 Å². The normalized spacial score (nSPS) is 20.3. The van der Waals surface area contributed by atoms with E-state index in [0.717, 1.165) is 28.0 Å². The van der Waals surface area contributed by atoms with Gasteiger partial charge in [0.15, 0.2) is 10.8 Å². The van der Waals surface area contributed by atoms with Crippen LogP contribution in [0.5, 0.6) is 0 Å². The first-order valence-corrected chi connectivity index (χ1v) is 11.6. The molecule has 0 saturated carbocycles. The predicted molar refractivity (Wildman–Crippen MR) is 116 cm³/mol. The van der Waals surface area contributed by atoms with Crippen molar-refractivity contribution >= 4 is 81.1 Å². The van der Waals surface area contributed by atoms with E-state index in [1.54, 1.807) is 6.08 Å². The molecule has 0 unspecified atom stereocenters. The number of hydrogen-bond acceptors (Lipinski definition) is 13. The summed E-state index contributed by atoms with van der Waals surface area (Å²) in [4.78, 5) is 42.0. The first kappa shape index (κ1) is 25.6. The number of aromatic nitrogens is 3. The van der Waals surface area contributed by atoms with E-state index in [1.165, 1.54) is 24.0 Å². The van der Waals surface area contributed by atoms with Gasteiger partial charge in [0.25, 0.3) is 11.8 Å². The summed E-state index contributed by atoms with van der Waals surface area (Å²) in [5, 5.41) is 25.7. The molecule has 4 heterocycles. The number of thiazole rings is 1. The Labute approximate surface area is 225 Å². The summed E-state index contributed by atoms with van der Waals surface area (Å²) < 4.78 is 7.90.